The summed E-state index contributed by atoms with van der Waals surface area (Å²) < 4.78 is 5.54. The fourth-order valence-electron chi connectivity index (χ4n) is 2.44. The number of nitrogens with zero attached hydrogens (tertiary/aromatic N) is 1. The number of aliphatic hydroxyl groups excluding tert-OH is 1. The molecule has 1 heterocycles. The first kappa shape index (κ1) is 13.5. The fraction of sp³-hybridized carbons (Fsp3) is 0.571. The van der Waals surface area contributed by atoms with Crippen molar-refractivity contribution in [2.75, 3.05) is 20.1 Å². The third-order valence-corrected chi connectivity index (χ3v) is 3.39. The van der Waals surface area contributed by atoms with Crippen LogP contribution in [0.15, 0.2) is 30.3 Å². The molecule has 2 atom stereocenters. The molecule has 100 valence electrons. The third kappa shape index (κ3) is 3.53. The van der Waals surface area contributed by atoms with E-state index in [4.69, 9.17) is 4.74 Å². The van der Waals surface area contributed by atoms with E-state index in [-0.39, 0.29) is 0 Å². The lowest BCUT2D eigenvalue weighted by molar-refractivity contribution is -0.203. The Kier molecular flexibility index (Phi) is 5.13. The lowest BCUT2D eigenvalue weighted by Gasteiger charge is -2.28. The number of ether oxygens (including phenoxy) is 1. The van der Waals surface area contributed by atoms with Crippen LogP contribution in [0.1, 0.15) is 18.4 Å². The molecular formula is C14H22N2O2. The van der Waals surface area contributed by atoms with Gasteiger partial charge in [0.1, 0.15) is 0 Å². The van der Waals surface area contributed by atoms with E-state index < -0.39 is 6.41 Å². The van der Waals surface area contributed by atoms with Crippen molar-refractivity contribution in [3.63, 3.8) is 0 Å². The number of aliphatic hydroxyl groups is 1. The largest absolute Gasteiger partial charge is 0.356 e. The number of benzene rings is 1. The Labute approximate surface area is 109 Å². The average Bonchev–Trinajstić information content (AvgIpc) is 2.86. The smallest absolute Gasteiger partial charge is 0.216 e. The SMILES string of the molecule is CNC[C@@H]1CCCN1C(O)OCc1ccccc1. The summed E-state index contributed by atoms with van der Waals surface area (Å²) in [7, 11) is 1.94. The van der Waals surface area contributed by atoms with Gasteiger partial charge in [-0.25, -0.2) is 0 Å². The minimum Gasteiger partial charge on any atom is -0.356 e. The molecule has 1 aromatic carbocycles. The second kappa shape index (κ2) is 6.85. The Morgan fingerprint density at radius 2 is 2.22 bits per heavy atom. The molecule has 1 unspecified atom stereocenters. The van der Waals surface area contributed by atoms with Crippen molar-refractivity contribution in [1.82, 2.24) is 10.2 Å². The third-order valence-electron chi connectivity index (χ3n) is 3.39. The van der Waals surface area contributed by atoms with Crippen molar-refractivity contribution in [1.29, 1.82) is 0 Å². The van der Waals surface area contributed by atoms with Gasteiger partial charge < -0.3 is 15.2 Å². The maximum absolute atomic E-state index is 10.1. The number of nitrogens with one attached hydrogen (secondary N) is 1. The second-order valence-corrected chi connectivity index (χ2v) is 4.71. The lowest BCUT2D eigenvalue weighted by Crippen LogP contribution is -2.44. The van der Waals surface area contributed by atoms with E-state index in [9.17, 15) is 5.11 Å². The molecule has 0 radical (unpaired) electrons. The average molecular weight is 250 g/mol. The summed E-state index contributed by atoms with van der Waals surface area (Å²) >= 11 is 0. The van der Waals surface area contributed by atoms with Crippen LogP contribution >= 0.6 is 0 Å². The maximum atomic E-state index is 10.1. The standard InChI is InChI=1S/C14H22N2O2/c1-15-10-13-8-5-9-16(13)14(17)18-11-12-6-3-2-4-7-12/h2-4,6-7,13-15,17H,5,8-11H2,1H3/t13-,14?/m0/s1. The molecule has 0 spiro atoms. The molecule has 2 N–H and O–H groups in total. The quantitative estimate of drug-likeness (QED) is 0.744. The predicted octanol–water partition coefficient (Wildman–Crippen LogP) is 1.16. The zero-order valence-corrected chi connectivity index (χ0v) is 10.9. The Bertz CT molecular complexity index is 345. The van der Waals surface area contributed by atoms with Crippen LogP contribution in [0.4, 0.5) is 0 Å². The summed E-state index contributed by atoms with van der Waals surface area (Å²) in [6, 6.07) is 10.3. The summed E-state index contributed by atoms with van der Waals surface area (Å²) in [6.07, 6.45) is 1.44. The summed E-state index contributed by atoms with van der Waals surface area (Å²) in [6.45, 7) is 2.25. The topological polar surface area (TPSA) is 44.7 Å². The predicted molar refractivity (Wildman–Crippen MR) is 70.9 cm³/mol. The molecule has 2 rings (SSSR count). The van der Waals surface area contributed by atoms with Gasteiger partial charge in [-0.3, -0.25) is 4.90 Å². The minimum absolute atomic E-state index is 0.376. The van der Waals surface area contributed by atoms with Crippen LogP contribution in [0.2, 0.25) is 0 Å². The van der Waals surface area contributed by atoms with Gasteiger partial charge in [-0.15, -0.1) is 0 Å². The molecule has 0 saturated carbocycles. The summed E-state index contributed by atoms with van der Waals surface area (Å²) in [4.78, 5) is 2.03. The lowest BCUT2D eigenvalue weighted by atomic mass is 10.2. The molecule has 0 aromatic heterocycles. The second-order valence-electron chi connectivity index (χ2n) is 4.71. The number of hydrogen-bond donors (Lipinski definition) is 2. The molecule has 18 heavy (non-hydrogen) atoms. The monoisotopic (exact) mass is 250 g/mol. The van der Waals surface area contributed by atoms with Crippen LogP contribution < -0.4 is 5.32 Å². The van der Waals surface area contributed by atoms with E-state index in [1.807, 2.05) is 42.3 Å². The van der Waals surface area contributed by atoms with E-state index in [2.05, 4.69) is 5.32 Å². The van der Waals surface area contributed by atoms with Crippen LogP contribution in [0.5, 0.6) is 0 Å². The van der Waals surface area contributed by atoms with E-state index in [1.54, 1.807) is 0 Å². The Hall–Kier alpha value is -0.940. The number of rotatable bonds is 6. The van der Waals surface area contributed by atoms with Crippen molar-refractivity contribution >= 4 is 0 Å². The first-order chi connectivity index (χ1) is 8.81. The van der Waals surface area contributed by atoms with Crippen molar-refractivity contribution in [2.45, 2.75) is 31.9 Å². The van der Waals surface area contributed by atoms with Gasteiger partial charge >= 0.3 is 0 Å². The van der Waals surface area contributed by atoms with Crippen LogP contribution in [-0.4, -0.2) is 42.6 Å². The van der Waals surface area contributed by atoms with E-state index >= 15 is 0 Å². The Morgan fingerprint density at radius 1 is 1.44 bits per heavy atom. The van der Waals surface area contributed by atoms with Crippen molar-refractivity contribution in [2.24, 2.45) is 0 Å². The molecule has 1 aromatic rings. The molecule has 1 aliphatic heterocycles. The van der Waals surface area contributed by atoms with Crippen LogP contribution in [0.25, 0.3) is 0 Å². The molecule has 0 amide bonds. The highest BCUT2D eigenvalue weighted by Crippen LogP contribution is 2.19. The zero-order valence-electron chi connectivity index (χ0n) is 10.9. The molecule has 0 aliphatic carbocycles. The van der Waals surface area contributed by atoms with E-state index in [0.717, 1.165) is 31.5 Å². The van der Waals surface area contributed by atoms with Gasteiger partial charge in [0.2, 0.25) is 6.41 Å². The Balaban J connectivity index is 1.82. The molecule has 1 aliphatic rings. The number of likely N-dealkylation sites (tertiary alicyclic amines) is 1. The number of hydrogen-bond acceptors (Lipinski definition) is 4. The number of likely N-dealkylation sites (N-methyl/N-ethyl adjacent to an activating group) is 1. The van der Waals surface area contributed by atoms with Gasteiger partial charge in [-0.1, -0.05) is 30.3 Å². The molecule has 0 bridgehead atoms. The van der Waals surface area contributed by atoms with Crippen molar-refractivity contribution < 1.29 is 9.84 Å². The molecule has 1 saturated heterocycles. The zero-order chi connectivity index (χ0) is 12.8. The van der Waals surface area contributed by atoms with Gasteiger partial charge in [0.05, 0.1) is 6.61 Å². The highest BCUT2D eigenvalue weighted by Gasteiger charge is 2.29. The normalized spacial score (nSPS) is 22.2. The van der Waals surface area contributed by atoms with E-state index in [0.29, 0.717) is 12.6 Å². The van der Waals surface area contributed by atoms with Crippen LogP contribution in [0, 0.1) is 0 Å². The van der Waals surface area contributed by atoms with Gasteiger partial charge in [-0.2, -0.15) is 0 Å². The molecule has 4 nitrogen and oxygen atoms in total. The molecule has 4 heteroatoms. The van der Waals surface area contributed by atoms with Crippen molar-refractivity contribution in [3.05, 3.63) is 35.9 Å². The summed E-state index contributed by atoms with van der Waals surface area (Å²) in [5.41, 5.74) is 1.08. The van der Waals surface area contributed by atoms with Crippen molar-refractivity contribution in [3.8, 4) is 0 Å². The first-order valence-corrected chi connectivity index (χ1v) is 6.55. The van der Waals surface area contributed by atoms with Gasteiger partial charge in [-0.05, 0) is 25.5 Å². The maximum Gasteiger partial charge on any atom is 0.216 e. The summed E-state index contributed by atoms with van der Waals surface area (Å²) in [5.74, 6) is 0. The molecular weight excluding hydrogens is 228 g/mol. The molecule has 1 fully saturated rings. The van der Waals surface area contributed by atoms with Gasteiger partial charge in [0.15, 0.2) is 0 Å². The van der Waals surface area contributed by atoms with Crippen LogP contribution in [0.3, 0.4) is 0 Å². The highest BCUT2D eigenvalue weighted by atomic mass is 16.6. The first-order valence-electron chi connectivity index (χ1n) is 6.55. The van der Waals surface area contributed by atoms with E-state index in [1.165, 1.54) is 0 Å². The summed E-state index contributed by atoms with van der Waals surface area (Å²) in [5, 5.41) is 13.2. The fourth-order valence-corrected chi connectivity index (χ4v) is 2.44. The van der Waals surface area contributed by atoms with Gasteiger partial charge in [0.25, 0.3) is 0 Å². The minimum atomic E-state index is -0.800. The van der Waals surface area contributed by atoms with Crippen LogP contribution in [-0.2, 0) is 11.3 Å². The van der Waals surface area contributed by atoms with Gasteiger partial charge in [0, 0.05) is 19.1 Å². The highest BCUT2D eigenvalue weighted by molar-refractivity contribution is 5.13. The Morgan fingerprint density at radius 3 is 2.94 bits per heavy atom.